The Labute approximate surface area is 187 Å². The van der Waals surface area contributed by atoms with Gasteiger partial charge in [0, 0.05) is 23.3 Å². The molecule has 1 saturated heterocycles. The molecule has 1 aromatic carbocycles. The Balaban J connectivity index is 0.000000291. The number of nitrogen functional groups attached to an aromatic ring is 1. The van der Waals surface area contributed by atoms with Crippen LogP contribution in [-0.4, -0.2) is 39.6 Å². The summed E-state index contributed by atoms with van der Waals surface area (Å²) in [5.74, 6) is 1.02. The fraction of sp³-hybridized carbons (Fsp3) is 0.348. The van der Waals surface area contributed by atoms with Gasteiger partial charge in [-0.25, -0.2) is 15.0 Å². The van der Waals surface area contributed by atoms with Crippen LogP contribution >= 0.6 is 11.3 Å². The lowest BCUT2D eigenvalue weighted by Crippen LogP contribution is -2.21. The van der Waals surface area contributed by atoms with Gasteiger partial charge < -0.3 is 15.8 Å². The molecule has 4 heterocycles. The highest BCUT2D eigenvalue weighted by atomic mass is 32.1. The number of nitrogens with one attached hydrogen (secondary N) is 1. The molecule has 0 saturated carbocycles. The number of aromatic nitrogens is 4. The van der Waals surface area contributed by atoms with Crippen LogP contribution in [0.15, 0.2) is 48.1 Å². The largest absolute Gasteiger partial charge is 0.497 e. The molecule has 8 heteroatoms. The maximum Gasteiger partial charge on any atom is 0.220 e. The number of benzene rings is 1. The molecule has 0 aliphatic carbocycles. The van der Waals surface area contributed by atoms with Crippen molar-refractivity contribution in [1.82, 2.24) is 24.7 Å². The number of nitrogens with two attached hydrogens (primary N) is 1. The van der Waals surface area contributed by atoms with E-state index in [2.05, 4.69) is 15.3 Å². The van der Waals surface area contributed by atoms with Crippen molar-refractivity contribution < 1.29 is 4.74 Å². The second kappa shape index (κ2) is 11.4. The Morgan fingerprint density at radius 2 is 1.90 bits per heavy atom. The lowest BCUT2D eigenvalue weighted by Gasteiger charge is -2.08. The molecule has 0 unspecified atom stereocenters. The highest BCUT2D eigenvalue weighted by Crippen LogP contribution is 2.34. The number of fused-ring (bicyclic) bond motifs is 1. The number of imidazole rings is 1. The Kier molecular flexibility index (Phi) is 8.37. The normalized spacial score (nSPS) is 13.0. The zero-order chi connectivity index (χ0) is 22.1. The van der Waals surface area contributed by atoms with Gasteiger partial charge >= 0.3 is 0 Å². The van der Waals surface area contributed by atoms with E-state index in [1.54, 1.807) is 24.6 Å². The van der Waals surface area contributed by atoms with Gasteiger partial charge in [0.05, 0.1) is 18.5 Å². The van der Waals surface area contributed by atoms with Gasteiger partial charge in [-0.1, -0.05) is 32.4 Å². The van der Waals surface area contributed by atoms with Crippen molar-refractivity contribution in [2.24, 2.45) is 0 Å². The summed E-state index contributed by atoms with van der Waals surface area (Å²) in [6.45, 7) is 6.50. The minimum Gasteiger partial charge on any atom is -0.497 e. The Morgan fingerprint density at radius 3 is 2.55 bits per heavy atom. The van der Waals surface area contributed by atoms with Crippen LogP contribution in [0.1, 0.15) is 33.1 Å². The van der Waals surface area contributed by atoms with Crippen molar-refractivity contribution in [2.75, 3.05) is 25.9 Å². The maximum atomic E-state index is 5.75. The van der Waals surface area contributed by atoms with Crippen LogP contribution in [0.3, 0.4) is 0 Å². The predicted octanol–water partition coefficient (Wildman–Crippen LogP) is 4.90. The lowest BCUT2D eigenvalue weighted by atomic mass is 10.1. The SMILES string of the molecule is C1CCNCC1.CC.COc1cccc(-c2nc3sccn3c2-c2ccnc(N)n2)c1. The summed E-state index contributed by atoms with van der Waals surface area (Å²) in [6, 6.07) is 9.65. The van der Waals surface area contributed by atoms with Gasteiger partial charge in [0.15, 0.2) is 4.96 Å². The summed E-state index contributed by atoms with van der Waals surface area (Å²) < 4.78 is 7.33. The number of anilines is 1. The fourth-order valence-corrected chi connectivity index (χ4v) is 4.02. The first-order chi connectivity index (χ1) is 15.3. The molecule has 1 aliphatic heterocycles. The Morgan fingerprint density at radius 1 is 1.10 bits per heavy atom. The minimum absolute atomic E-state index is 0.240. The average Bonchev–Trinajstić information content (AvgIpc) is 3.43. The maximum absolute atomic E-state index is 5.75. The standard InChI is InChI=1S/C16H13N5OS.C5H11N.C2H6/c1-22-11-4-2-3-10(9-11)13-14(12-5-6-18-15(17)19-12)21-7-8-23-16(21)20-13;1-2-4-6-5-3-1;1-2/h2-9H,1H3,(H2,17,18,19);6H,1-5H2;1-2H3. The monoisotopic (exact) mass is 438 g/mol. The molecule has 0 radical (unpaired) electrons. The van der Waals surface area contributed by atoms with E-state index >= 15 is 0 Å². The second-order valence-corrected chi connectivity index (χ2v) is 7.58. The smallest absolute Gasteiger partial charge is 0.220 e. The van der Waals surface area contributed by atoms with Crippen LogP contribution in [-0.2, 0) is 0 Å². The molecule has 1 aliphatic rings. The number of thiazole rings is 1. The molecular weight excluding hydrogens is 408 g/mol. The topological polar surface area (TPSA) is 90.4 Å². The summed E-state index contributed by atoms with van der Waals surface area (Å²) in [4.78, 5) is 14.0. The van der Waals surface area contributed by atoms with Crippen molar-refractivity contribution in [2.45, 2.75) is 33.1 Å². The molecule has 3 N–H and O–H groups in total. The molecule has 0 bridgehead atoms. The molecular formula is C23H30N6OS. The molecule has 0 atom stereocenters. The number of hydrogen-bond donors (Lipinski definition) is 2. The van der Waals surface area contributed by atoms with Gasteiger partial charge in [0.1, 0.15) is 11.4 Å². The van der Waals surface area contributed by atoms with E-state index in [-0.39, 0.29) is 5.95 Å². The van der Waals surface area contributed by atoms with Crippen molar-refractivity contribution in [3.63, 3.8) is 0 Å². The quantitative estimate of drug-likeness (QED) is 0.473. The van der Waals surface area contributed by atoms with Crippen molar-refractivity contribution >= 4 is 22.2 Å². The third-order valence-corrected chi connectivity index (χ3v) is 5.49. The summed E-state index contributed by atoms with van der Waals surface area (Å²) in [7, 11) is 1.65. The summed E-state index contributed by atoms with van der Waals surface area (Å²) in [6.07, 6.45) is 7.84. The minimum atomic E-state index is 0.240. The fourth-order valence-electron chi connectivity index (χ4n) is 3.31. The molecule has 7 nitrogen and oxygen atoms in total. The summed E-state index contributed by atoms with van der Waals surface area (Å²) >= 11 is 1.57. The van der Waals surface area contributed by atoms with Crippen LogP contribution in [0.2, 0.25) is 0 Å². The van der Waals surface area contributed by atoms with E-state index in [1.165, 1.54) is 32.4 Å². The number of ether oxygens (including phenoxy) is 1. The van der Waals surface area contributed by atoms with Gasteiger partial charge in [-0.15, -0.1) is 11.3 Å². The number of methoxy groups -OCH3 is 1. The van der Waals surface area contributed by atoms with Crippen molar-refractivity contribution in [3.8, 4) is 28.4 Å². The molecule has 4 aromatic rings. The number of piperidine rings is 1. The number of rotatable bonds is 3. The van der Waals surface area contributed by atoms with Crippen LogP contribution in [0.4, 0.5) is 5.95 Å². The lowest BCUT2D eigenvalue weighted by molar-refractivity contribution is 0.415. The molecule has 0 amide bonds. The average molecular weight is 439 g/mol. The van der Waals surface area contributed by atoms with Crippen LogP contribution in [0.25, 0.3) is 27.6 Å². The Hall–Kier alpha value is -2.97. The third kappa shape index (κ3) is 5.59. The van der Waals surface area contributed by atoms with Gasteiger partial charge in [-0.2, -0.15) is 0 Å². The summed E-state index contributed by atoms with van der Waals surface area (Å²) in [5, 5.41) is 5.28. The second-order valence-electron chi connectivity index (χ2n) is 6.71. The van der Waals surface area contributed by atoms with Gasteiger partial charge in [-0.3, -0.25) is 4.40 Å². The molecule has 1 fully saturated rings. The molecule has 5 rings (SSSR count). The molecule has 31 heavy (non-hydrogen) atoms. The summed E-state index contributed by atoms with van der Waals surface area (Å²) in [5.41, 5.74) is 9.19. The van der Waals surface area contributed by atoms with E-state index in [1.807, 2.05) is 60.2 Å². The molecule has 3 aromatic heterocycles. The highest BCUT2D eigenvalue weighted by molar-refractivity contribution is 7.15. The van der Waals surface area contributed by atoms with E-state index in [4.69, 9.17) is 15.5 Å². The van der Waals surface area contributed by atoms with Crippen molar-refractivity contribution in [1.29, 1.82) is 0 Å². The van der Waals surface area contributed by atoms with Gasteiger partial charge in [0.2, 0.25) is 5.95 Å². The first kappa shape index (κ1) is 22.7. The third-order valence-electron chi connectivity index (χ3n) is 4.73. The van der Waals surface area contributed by atoms with Crippen LogP contribution < -0.4 is 15.8 Å². The van der Waals surface area contributed by atoms with E-state index in [0.29, 0.717) is 0 Å². The van der Waals surface area contributed by atoms with E-state index < -0.39 is 0 Å². The van der Waals surface area contributed by atoms with Gasteiger partial charge in [-0.05, 0) is 44.1 Å². The van der Waals surface area contributed by atoms with Gasteiger partial charge in [0.25, 0.3) is 0 Å². The zero-order valence-electron chi connectivity index (χ0n) is 18.3. The van der Waals surface area contributed by atoms with E-state index in [9.17, 15) is 0 Å². The predicted molar refractivity (Wildman–Crippen MR) is 129 cm³/mol. The van der Waals surface area contributed by atoms with Crippen LogP contribution in [0.5, 0.6) is 5.75 Å². The molecule has 0 spiro atoms. The first-order valence-corrected chi connectivity index (χ1v) is 11.5. The van der Waals surface area contributed by atoms with Crippen molar-refractivity contribution in [3.05, 3.63) is 48.1 Å². The van der Waals surface area contributed by atoms with Crippen LogP contribution in [0, 0.1) is 0 Å². The number of nitrogens with zero attached hydrogens (tertiary/aromatic N) is 4. The Bertz CT molecular complexity index is 1080. The zero-order valence-corrected chi connectivity index (χ0v) is 19.2. The first-order valence-electron chi connectivity index (χ1n) is 10.7. The van der Waals surface area contributed by atoms with E-state index in [0.717, 1.165) is 33.4 Å². The highest BCUT2D eigenvalue weighted by Gasteiger charge is 2.18. The number of hydrogen-bond acceptors (Lipinski definition) is 7. The molecule has 164 valence electrons.